The number of halogens is 1. The zero-order valence-electron chi connectivity index (χ0n) is 20.8. The summed E-state index contributed by atoms with van der Waals surface area (Å²) in [6, 6.07) is 4.16. The van der Waals surface area contributed by atoms with Gasteiger partial charge < -0.3 is 20.4 Å². The molecule has 36 heavy (non-hydrogen) atoms. The molecule has 0 aliphatic heterocycles. The van der Waals surface area contributed by atoms with Crippen molar-refractivity contribution in [3.8, 4) is 11.1 Å². The number of nitrogens with zero attached hydrogens (tertiary/aromatic N) is 4. The largest absolute Gasteiger partial charge is 0.379 e. The highest BCUT2D eigenvalue weighted by atomic mass is 19.1. The monoisotopic (exact) mass is 493 g/mol. The number of aromatic amines is 1. The van der Waals surface area contributed by atoms with Crippen LogP contribution in [0.15, 0.2) is 36.9 Å². The van der Waals surface area contributed by atoms with E-state index in [9.17, 15) is 9.18 Å². The van der Waals surface area contributed by atoms with Gasteiger partial charge in [0.1, 0.15) is 11.3 Å². The van der Waals surface area contributed by atoms with Crippen LogP contribution in [-0.2, 0) is 4.74 Å². The van der Waals surface area contributed by atoms with Gasteiger partial charge in [0.2, 0.25) is 5.95 Å². The van der Waals surface area contributed by atoms with Crippen molar-refractivity contribution in [2.45, 2.75) is 64.3 Å². The fourth-order valence-electron chi connectivity index (χ4n) is 4.72. The Morgan fingerprint density at radius 3 is 2.83 bits per heavy atom. The molecule has 1 saturated carbocycles. The van der Waals surface area contributed by atoms with Crippen LogP contribution in [0.3, 0.4) is 0 Å². The number of carbonyl (C=O) groups excluding carboxylic acids is 1. The maximum Gasteiger partial charge on any atom is 0.255 e. The Labute approximate surface area is 208 Å². The number of alkyl halides is 1. The van der Waals surface area contributed by atoms with Gasteiger partial charge in [-0.25, -0.2) is 13.9 Å². The standard InChI is InChI=1S/C26H32FN7O2/c1-4-36-18-7-5-17(6-8-18)32-25-29-13-20-19(12-28-23(20)33-25)16-9-10-34-22(11-16)21(14-31-34)24(35)30-15-26(2,3)27/h9-14,17-18H,4-8,15H2,1-3H3,(H,30,35)(H2,28,29,32,33)/t17-,18+. The highest BCUT2D eigenvalue weighted by Crippen LogP contribution is 2.30. The van der Waals surface area contributed by atoms with Crippen LogP contribution < -0.4 is 10.6 Å². The maximum absolute atomic E-state index is 13.8. The van der Waals surface area contributed by atoms with Crippen LogP contribution >= 0.6 is 0 Å². The lowest BCUT2D eigenvalue weighted by molar-refractivity contribution is 0.0346. The van der Waals surface area contributed by atoms with Crippen molar-refractivity contribution in [1.82, 2.24) is 29.9 Å². The Kier molecular flexibility index (Phi) is 6.61. The smallest absolute Gasteiger partial charge is 0.255 e. The van der Waals surface area contributed by atoms with Gasteiger partial charge in [-0.05, 0) is 64.2 Å². The first-order valence-electron chi connectivity index (χ1n) is 12.5. The number of anilines is 1. The minimum atomic E-state index is -1.50. The van der Waals surface area contributed by atoms with E-state index in [1.54, 1.807) is 10.7 Å². The zero-order valence-corrected chi connectivity index (χ0v) is 20.8. The molecule has 1 amide bonds. The molecule has 5 rings (SSSR count). The van der Waals surface area contributed by atoms with Crippen molar-refractivity contribution in [3.63, 3.8) is 0 Å². The number of hydrogen-bond acceptors (Lipinski definition) is 6. The van der Waals surface area contributed by atoms with Crippen LogP contribution in [0.2, 0.25) is 0 Å². The molecule has 0 atom stereocenters. The lowest BCUT2D eigenvalue weighted by Gasteiger charge is -2.28. The van der Waals surface area contributed by atoms with E-state index in [4.69, 9.17) is 9.72 Å². The number of carbonyl (C=O) groups is 1. The summed E-state index contributed by atoms with van der Waals surface area (Å²) in [5.41, 5.74) is 2.09. The summed E-state index contributed by atoms with van der Waals surface area (Å²) >= 11 is 0. The summed E-state index contributed by atoms with van der Waals surface area (Å²) in [4.78, 5) is 25.2. The van der Waals surface area contributed by atoms with Crippen LogP contribution in [0, 0.1) is 0 Å². The molecule has 0 saturated heterocycles. The number of fused-ring (bicyclic) bond motifs is 2. The predicted octanol–water partition coefficient (Wildman–Crippen LogP) is 4.51. The average Bonchev–Trinajstić information content (AvgIpc) is 3.47. The SMILES string of the molecule is CCO[C@H]1CC[C@@H](Nc2ncc3c(-c4ccn5ncc(C(=O)NCC(C)(C)F)c5c4)c[nH]c3n2)CC1. The van der Waals surface area contributed by atoms with Gasteiger partial charge in [0, 0.05) is 42.2 Å². The van der Waals surface area contributed by atoms with Crippen molar-refractivity contribution in [1.29, 1.82) is 0 Å². The van der Waals surface area contributed by atoms with E-state index in [-0.39, 0.29) is 12.5 Å². The second-order valence-electron chi connectivity index (χ2n) is 9.94. The summed E-state index contributed by atoms with van der Waals surface area (Å²) in [6.07, 6.45) is 11.5. The zero-order chi connectivity index (χ0) is 25.3. The van der Waals surface area contributed by atoms with Crippen LogP contribution in [0.25, 0.3) is 27.7 Å². The molecule has 4 aromatic rings. The van der Waals surface area contributed by atoms with Gasteiger partial charge in [-0.1, -0.05) is 0 Å². The molecule has 10 heteroatoms. The normalized spacial score (nSPS) is 18.6. The Bertz CT molecular complexity index is 1370. The van der Waals surface area contributed by atoms with Gasteiger partial charge in [-0.15, -0.1) is 0 Å². The van der Waals surface area contributed by atoms with Crippen molar-refractivity contribution < 1.29 is 13.9 Å². The Morgan fingerprint density at radius 1 is 1.28 bits per heavy atom. The van der Waals surface area contributed by atoms with Gasteiger partial charge in [-0.2, -0.15) is 10.1 Å². The first-order chi connectivity index (χ1) is 17.3. The average molecular weight is 494 g/mol. The van der Waals surface area contributed by atoms with E-state index < -0.39 is 5.67 Å². The highest BCUT2D eigenvalue weighted by molar-refractivity contribution is 6.02. The number of H-pyrrole nitrogens is 1. The first-order valence-corrected chi connectivity index (χ1v) is 12.5. The molecular formula is C26H32FN7O2. The lowest BCUT2D eigenvalue weighted by Crippen LogP contribution is -2.35. The number of pyridine rings is 1. The molecule has 4 aromatic heterocycles. The number of hydrogen-bond donors (Lipinski definition) is 3. The van der Waals surface area contributed by atoms with Gasteiger partial charge in [0.25, 0.3) is 5.91 Å². The Balaban J connectivity index is 1.35. The number of amides is 1. The van der Waals surface area contributed by atoms with E-state index in [0.29, 0.717) is 29.2 Å². The number of nitrogens with one attached hydrogen (secondary N) is 3. The molecule has 4 heterocycles. The van der Waals surface area contributed by atoms with Crippen LogP contribution in [0.5, 0.6) is 0 Å². The Hall–Kier alpha value is -3.53. The molecular weight excluding hydrogens is 461 g/mol. The summed E-state index contributed by atoms with van der Waals surface area (Å²) in [7, 11) is 0. The molecule has 190 valence electrons. The summed E-state index contributed by atoms with van der Waals surface area (Å²) in [6.45, 7) is 5.57. The number of aromatic nitrogens is 5. The second kappa shape index (κ2) is 9.85. The van der Waals surface area contributed by atoms with E-state index >= 15 is 0 Å². The fourth-order valence-corrected chi connectivity index (χ4v) is 4.72. The lowest BCUT2D eigenvalue weighted by atomic mass is 9.93. The van der Waals surface area contributed by atoms with Crippen LogP contribution in [-0.4, -0.2) is 61.4 Å². The van der Waals surface area contributed by atoms with E-state index in [1.165, 1.54) is 20.0 Å². The first kappa shape index (κ1) is 24.2. The molecule has 1 aliphatic carbocycles. The molecule has 0 unspecified atom stereocenters. The minimum Gasteiger partial charge on any atom is -0.379 e. The molecule has 0 bridgehead atoms. The van der Waals surface area contributed by atoms with Crippen molar-refractivity contribution >= 4 is 28.4 Å². The maximum atomic E-state index is 13.8. The van der Waals surface area contributed by atoms with Gasteiger partial charge >= 0.3 is 0 Å². The van der Waals surface area contributed by atoms with Gasteiger partial charge in [-0.3, -0.25) is 4.79 Å². The molecule has 0 spiro atoms. The molecule has 9 nitrogen and oxygen atoms in total. The van der Waals surface area contributed by atoms with E-state index in [2.05, 4.69) is 25.7 Å². The third-order valence-corrected chi connectivity index (χ3v) is 6.59. The summed E-state index contributed by atoms with van der Waals surface area (Å²) in [5, 5.41) is 11.3. The quantitative estimate of drug-likeness (QED) is 0.333. The summed E-state index contributed by atoms with van der Waals surface area (Å²) < 4.78 is 21.2. The molecule has 1 fully saturated rings. The third-order valence-electron chi connectivity index (χ3n) is 6.59. The summed E-state index contributed by atoms with van der Waals surface area (Å²) in [5.74, 6) is 0.248. The minimum absolute atomic E-state index is 0.0764. The van der Waals surface area contributed by atoms with Crippen molar-refractivity contribution in [2.24, 2.45) is 0 Å². The van der Waals surface area contributed by atoms with Crippen molar-refractivity contribution in [3.05, 3.63) is 42.5 Å². The number of rotatable bonds is 8. The Morgan fingerprint density at radius 2 is 2.08 bits per heavy atom. The fraction of sp³-hybridized carbons (Fsp3) is 0.462. The third kappa shape index (κ3) is 5.18. The van der Waals surface area contributed by atoms with E-state index in [0.717, 1.165) is 54.5 Å². The van der Waals surface area contributed by atoms with Crippen LogP contribution in [0.4, 0.5) is 10.3 Å². The van der Waals surface area contributed by atoms with Crippen LogP contribution in [0.1, 0.15) is 56.8 Å². The topological polar surface area (TPSA) is 109 Å². The van der Waals surface area contributed by atoms with Gasteiger partial charge in [0.05, 0.1) is 29.9 Å². The van der Waals surface area contributed by atoms with Crippen molar-refractivity contribution in [2.75, 3.05) is 18.5 Å². The predicted molar refractivity (Wildman–Crippen MR) is 137 cm³/mol. The van der Waals surface area contributed by atoms with Gasteiger partial charge in [0.15, 0.2) is 0 Å². The molecule has 0 radical (unpaired) electrons. The molecule has 0 aromatic carbocycles. The number of ether oxygens (including phenoxy) is 1. The second-order valence-corrected chi connectivity index (χ2v) is 9.94. The molecule has 3 N–H and O–H groups in total. The highest BCUT2D eigenvalue weighted by Gasteiger charge is 2.23. The molecule has 1 aliphatic rings. The van der Waals surface area contributed by atoms with E-state index in [1.807, 2.05) is 31.5 Å².